The van der Waals surface area contributed by atoms with E-state index >= 15 is 0 Å². The maximum atomic E-state index is 10.8. The first-order valence-corrected chi connectivity index (χ1v) is 4.41. The van der Waals surface area contributed by atoms with E-state index < -0.39 is 0 Å². The van der Waals surface area contributed by atoms with Crippen molar-refractivity contribution in [1.82, 2.24) is 4.90 Å². The maximum absolute atomic E-state index is 10.8. The van der Waals surface area contributed by atoms with Crippen LogP contribution < -0.4 is 0 Å². The van der Waals surface area contributed by atoms with Gasteiger partial charge < -0.3 is 10.0 Å². The molecule has 4 heteroatoms. The van der Waals surface area contributed by atoms with Crippen LogP contribution in [0.1, 0.15) is 6.42 Å². The monoisotopic (exact) mass is 159 g/mol. The van der Waals surface area contributed by atoms with E-state index in [4.69, 9.17) is 5.11 Å². The molecule has 0 aromatic heterocycles. The Balaban J connectivity index is 2.00. The zero-order chi connectivity index (χ0) is 7.14. The average Bonchev–Trinajstić information content (AvgIpc) is 1.92. The van der Waals surface area contributed by atoms with Gasteiger partial charge in [0.2, 0.25) is 5.91 Å². The third-order valence-electron chi connectivity index (χ3n) is 1.91. The summed E-state index contributed by atoms with van der Waals surface area (Å²) < 4.78 is 0. The van der Waals surface area contributed by atoms with Gasteiger partial charge in [-0.1, -0.05) is 0 Å². The largest absolute Gasteiger partial charge is 0.390 e. The van der Waals surface area contributed by atoms with Crippen LogP contribution in [0.3, 0.4) is 0 Å². The Morgan fingerprint density at radius 2 is 2.50 bits per heavy atom. The number of aliphatic hydroxyl groups is 1. The van der Waals surface area contributed by atoms with Crippen LogP contribution in [0.2, 0.25) is 0 Å². The highest BCUT2D eigenvalue weighted by molar-refractivity contribution is 8.00. The minimum absolute atomic E-state index is 0.191. The van der Waals surface area contributed by atoms with Crippen molar-refractivity contribution in [1.29, 1.82) is 0 Å². The number of rotatable bonds is 0. The molecule has 2 rings (SSSR count). The van der Waals surface area contributed by atoms with Gasteiger partial charge in [0, 0.05) is 12.3 Å². The SMILES string of the molecule is O=C1C[C@H]2SC[C@@H](O)CN12. The Labute approximate surface area is 63.4 Å². The van der Waals surface area contributed by atoms with E-state index in [0.717, 1.165) is 5.75 Å². The molecule has 3 nitrogen and oxygen atoms in total. The average molecular weight is 159 g/mol. The second-order valence-electron chi connectivity index (χ2n) is 2.69. The van der Waals surface area contributed by atoms with E-state index in [1.807, 2.05) is 0 Å². The van der Waals surface area contributed by atoms with Gasteiger partial charge in [0.15, 0.2) is 0 Å². The fourth-order valence-corrected chi connectivity index (χ4v) is 2.49. The molecular formula is C6H9NO2S. The van der Waals surface area contributed by atoms with Crippen LogP contribution in [-0.4, -0.2) is 39.7 Å². The number of hydrogen-bond donors (Lipinski definition) is 1. The minimum atomic E-state index is -0.300. The minimum Gasteiger partial charge on any atom is -0.390 e. The van der Waals surface area contributed by atoms with Crippen LogP contribution in [-0.2, 0) is 4.79 Å². The van der Waals surface area contributed by atoms with E-state index in [9.17, 15) is 4.79 Å². The van der Waals surface area contributed by atoms with Crippen LogP contribution in [0.5, 0.6) is 0 Å². The number of carbonyl (C=O) groups is 1. The zero-order valence-electron chi connectivity index (χ0n) is 5.49. The molecule has 10 heavy (non-hydrogen) atoms. The van der Waals surface area contributed by atoms with Crippen LogP contribution in [0.4, 0.5) is 0 Å². The molecule has 0 saturated carbocycles. The van der Waals surface area contributed by atoms with E-state index in [1.54, 1.807) is 16.7 Å². The predicted octanol–water partition coefficient (Wildman–Crippen LogP) is -0.348. The highest BCUT2D eigenvalue weighted by Crippen LogP contribution is 2.33. The van der Waals surface area contributed by atoms with Gasteiger partial charge in [-0.05, 0) is 0 Å². The van der Waals surface area contributed by atoms with E-state index in [0.29, 0.717) is 18.3 Å². The molecule has 0 aromatic rings. The molecule has 0 spiro atoms. The fourth-order valence-electron chi connectivity index (χ4n) is 1.30. The van der Waals surface area contributed by atoms with E-state index in [1.165, 1.54) is 0 Å². The Kier molecular flexibility index (Phi) is 1.38. The molecule has 0 bridgehead atoms. The summed E-state index contributed by atoms with van der Waals surface area (Å²) in [6, 6.07) is 0. The van der Waals surface area contributed by atoms with E-state index in [2.05, 4.69) is 0 Å². The number of thioether (sulfide) groups is 1. The van der Waals surface area contributed by atoms with Crippen molar-refractivity contribution in [3.8, 4) is 0 Å². The second kappa shape index (κ2) is 2.13. The summed E-state index contributed by atoms with van der Waals surface area (Å²) in [4.78, 5) is 12.6. The smallest absolute Gasteiger partial charge is 0.226 e. The summed E-state index contributed by atoms with van der Waals surface area (Å²) in [5.74, 6) is 0.977. The molecule has 0 aliphatic carbocycles. The van der Waals surface area contributed by atoms with Crippen molar-refractivity contribution in [3.05, 3.63) is 0 Å². The molecule has 2 saturated heterocycles. The van der Waals surface area contributed by atoms with Crippen molar-refractivity contribution in [2.24, 2.45) is 0 Å². The number of nitrogens with zero attached hydrogens (tertiary/aromatic N) is 1. The summed E-state index contributed by atoms with van der Waals surface area (Å²) >= 11 is 1.68. The third-order valence-corrected chi connectivity index (χ3v) is 3.29. The number of carbonyl (C=O) groups excluding carboxylic acids is 1. The highest BCUT2D eigenvalue weighted by atomic mass is 32.2. The molecule has 2 aliphatic heterocycles. The van der Waals surface area contributed by atoms with Gasteiger partial charge in [-0.3, -0.25) is 4.79 Å². The summed E-state index contributed by atoms with van der Waals surface area (Å²) in [6.07, 6.45) is 0.377. The van der Waals surface area contributed by atoms with Gasteiger partial charge in [0.1, 0.15) is 0 Å². The molecular weight excluding hydrogens is 150 g/mol. The van der Waals surface area contributed by atoms with Crippen molar-refractivity contribution in [2.75, 3.05) is 12.3 Å². The molecule has 2 fully saturated rings. The Hall–Kier alpha value is -0.220. The summed E-state index contributed by atoms with van der Waals surface area (Å²) in [7, 11) is 0. The van der Waals surface area contributed by atoms with Gasteiger partial charge in [-0.2, -0.15) is 0 Å². The quantitative estimate of drug-likeness (QED) is 0.491. The Morgan fingerprint density at radius 3 is 3.10 bits per heavy atom. The summed E-state index contributed by atoms with van der Waals surface area (Å²) in [5.41, 5.74) is 0. The molecule has 2 aliphatic rings. The van der Waals surface area contributed by atoms with Crippen molar-refractivity contribution in [3.63, 3.8) is 0 Å². The molecule has 2 atom stereocenters. The van der Waals surface area contributed by atoms with Crippen LogP contribution in [0.25, 0.3) is 0 Å². The first-order chi connectivity index (χ1) is 4.77. The van der Waals surface area contributed by atoms with E-state index in [-0.39, 0.29) is 12.0 Å². The lowest BCUT2D eigenvalue weighted by Crippen LogP contribution is -2.57. The Bertz CT molecular complexity index is 173. The summed E-state index contributed by atoms with van der Waals surface area (Å²) in [5, 5.41) is 9.52. The predicted molar refractivity (Wildman–Crippen MR) is 38.6 cm³/mol. The molecule has 56 valence electrons. The normalized spacial score (nSPS) is 38.9. The molecule has 0 unspecified atom stereocenters. The van der Waals surface area contributed by atoms with Crippen molar-refractivity contribution >= 4 is 17.7 Å². The maximum Gasteiger partial charge on any atom is 0.226 e. The topological polar surface area (TPSA) is 40.5 Å². The van der Waals surface area contributed by atoms with Crippen LogP contribution in [0, 0.1) is 0 Å². The Morgan fingerprint density at radius 1 is 1.70 bits per heavy atom. The molecule has 0 aromatic carbocycles. The lowest BCUT2D eigenvalue weighted by molar-refractivity contribution is -0.143. The van der Waals surface area contributed by atoms with Crippen molar-refractivity contribution in [2.45, 2.75) is 17.9 Å². The lowest BCUT2D eigenvalue weighted by atomic mass is 10.2. The molecule has 1 amide bonds. The first kappa shape index (κ1) is 6.49. The first-order valence-electron chi connectivity index (χ1n) is 3.36. The highest BCUT2D eigenvalue weighted by Gasteiger charge is 2.40. The standard InChI is InChI=1S/C6H9NO2S/c8-4-2-7-5(9)1-6(7)10-3-4/h4,6,8H,1-3H2/t4-,6+/m0/s1. The fraction of sp³-hybridized carbons (Fsp3) is 0.833. The summed E-state index contributed by atoms with van der Waals surface area (Å²) in [6.45, 7) is 0.552. The van der Waals surface area contributed by atoms with Gasteiger partial charge in [-0.15, -0.1) is 11.8 Å². The van der Waals surface area contributed by atoms with Gasteiger partial charge in [-0.25, -0.2) is 0 Å². The number of β-lactam (4-membered cyclic amide) rings is 1. The molecule has 0 radical (unpaired) electrons. The van der Waals surface area contributed by atoms with Gasteiger partial charge in [0.25, 0.3) is 0 Å². The number of hydrogen-bond acceptors (Lipinski definition) is 3. The zero-order valence-corrected chi connectivity index (χ0v) is 6.30. The third kappa shape index (κ3) is 0.828. The molecule has 2 heterocycles. The van der Waals surface area contributed by atoms with Crippen LogP contribution >= 0.6 is 11.8 Å². The number of amides is 1. The lowest BCUT2D eigenvalue weighted by Gasteiger charge is -2.44. The van der Waals surface area contributed by atoms with Crippen molar-refractivity contribution < 1.29 is 9.90 Å². The second-order valence-corrected chi connectivity index (χ2v) is 3.90. The molecule has 1 N–H and O–H groups in total. The van der Waals surface area contributed by atoms with Gasteiger partial charge in [0.05, 0.1) is 17.9 Å². The van der Waals surface area contributed by atoms with Crippen LogP contribution in [0.15, 0.2) is 0 Å². The number of fused-ring (bicyclic) bond motifs is 1. The number of aliphatic hydroxyl groups excluding tert-OH is 1. The van der Waals surface area contributed by atoms with Gasteiger partial charge >= 0.3 is 0 Å².